The van der Waals surface area contributed by atoms with Crippen molar-refractivity contribution in [3.8, 4) is 33.4 Å². The van der Waals surface area contributed by atoms with Gasteiger partial charge in [-0.3, -0.25) is 0 Å². The summed E-state index contributed by atoms with van der Waals surface area (Å²) in [7, 11) is 0. The molecule has 0 radical (unpaired) electrons. The Morgan fingerprint density at radius 1 is 0.367 bits per heavy atom. The Hall–Kier alpha value is -4.88. The SMILES string of the molecule is CC(C)c1ccc2c(c1)C(C)(C)c1cc(N(c3ccc4c(c3)C(C)(C)c3ccccc3-4)c3ccc4c(c3)C(C)(C)c3ccccc3-4)ccc1-2. The van der Waals surface area contributed by atoms with Crippen molar-refractivity contribution in [1.29, 1.82) is 0 Å². The lowest BCUT2D eigenvalue weighted by molar-refractivity contribution is 0.658. The van der Waals surface area contributed by atoms with Gasteiger partial charge >= 0.3 is 0 Å². The highest BCUT2D eigenvalue weighted by molar-refractivity contribution is 5.90. The predicted molar refractivity (Wildman–Crippen MR) is 208 cm³/mol. The minimum absolute atomic E-state index is 0.0785. The molecular weight excluding hydrogens is 591 g/mol. The van der Waals surface area contributed by atoms with Crippen LogP contribution in [0, 0.1) is 0 Å². The van der Waals surface area contributed by atoms with E-state index in [2.05, 4.69) is 182 Å². The van der Waals surface area contributed by atoms with Crippen molar-refractivity contribution >= 4 is 17.1 Å². The number of rotatable bonds is 4. The van der Waals surface area contributed by atoms with Gasteiger partial charge < -0.3 is 4.90 Å². The third-order valence-corrected chi connectivity index (χ3v) is 12.3. The van der Waals surface area contributed by atoms with E-state index in [-0.39, 0.29) is 16.2 Å². The van der Waals surface area contributed by atoms with Crippen LogP contribution >= 0.6 is 0 Å². The molecule has 0 atom stereocenters. The van der Waals surface area contributed by atoms with E-state index < -0.39 is 0 Å². The average Bonchev–Trinajstić information content (AvgIpc) is 3.57. The van der Waals surface area contributed by atoms with Gasteiger partial charge in [0, 0.05) is 33.3 Å². The second kappa shape index (κ2) is 10.1. The summed E-state index contributed by atoms with van der Waals surface area (Å²) in [6.45, 7) is 18.9. The molecule has 0 saturated heterocycles. The van der Waals surface area contributed by atoms with Gasteiger partial charge in [0.15, 0.2) is 0 Å². The standard InChI is InChI=1S/C48H45N/c1-29(2)30-17-21-36-39-24-20-33(28-45(39)48(7,8)42(36)25-30)49(31-18-22-37-34-13-9-11-15-40(34)46(3,4)43(37)26-31)32-19-23-38-35-14-10-12-16-41(35)47(5,6)44(38)27-32/h9-29H,1-8H3. The van der Waals surface area contributed by atoms with Crippen molar-refractivity contribution in [2.45, 2.75) is 77.6 Å². The summed E-state index contributed by atoms with van der Waals surface area (Å²) in [5.41, 5.74) is 21.3. The zero-order valence-electron chi connectivity index (χ0n) is 30.1. The van der Waals surface area contributed by atoms with Gasteiger partial charge in [0.2, 0.25) is 0 Å². The first kappa shape index (κ1) is 30.2. The molecule has 3 aliphatic rings. The van der Waals surface area contributed by atoms with E-state index in [0.717, 1.165) is 0 Å². The minimum Gasteiger partial charge on any atom is -0.310 e. The molecule has 49 heavy (non-hydrogen) atoms. The third-order valence-electron chi connectivity index (χ3n) is 12.3. The fraction of sp³-hybridized carbons (Fsp3) is 0.250. The van der Waals surface area contributed by atoms with Gasteiger partial charge in [0.1, 0.15) is 0 Å². The molecule has 0 unspecified atom stereocenters. The summed E-state index contributed by atoms with van der Waals surface area (Å²) in [5, 5.41) is 0. The molecule has 6 aromatic carbocycles. The maximum Gasteiger partial charge on any atom is 0.0465 e. The molecular formula is C48H45N. The van der Waals surface area contributed by atoms with E-state index in [0.29, 0.717) is 5.92 Å². The van der Waals surface area contributed by atoms with Gasteiger partial charge in [-0.2, -0.15) is 0 Å². The molecule has 0 fully saturated rings. The van der Waals surface area contributed by atoms with Gasteiger partial charge in [0.05, 0.1) is 0 Å². The van der Waals surface area contributed by atoms with Crippen LogP contribution in [0.1, 0.15) is 100 Å². The zero-order valence-corrected chi connectivity index (χ0v) is 30.1. The second-order valence-electron chi connectivity index (χ2n) is 16.5. The summed E-state index contributed by atoms with van der Waals surface area (Å²) in [6.07, 6.45) is 0. The molecule has 9 rings (SSSR count). The maximum absolute atomic E-state index is 2.51. The Morgan fingerprint density at radius 3 is 1.10 bits per heavy atom. The number of benzene rings is 6. The average molecular weight is 636 g/mol. The lowest BCUT2D eigenvalue weighted by Gasteiger charge is -2.31. The fourth-order valence-corrected chi connectivity index (χ4v) is 9.35. The molecule has 0 spiro atoms. The molecule has 1 nitrogen and oxygen atoms in total. The highest BCUT2D eigenvalue weighted by Gasteiger charge is 2.39. The first-order valence-corrected chi connectivity index (χ1v) is 18.0. The van der Waals surface area contributed by atoms with Crippen molar-refractivity contribution in [3.05, 3.63) is 160 Å². The van der Waals surface area contributed by atoms with E-state index in [9.17, 15) is 0 Å². The predicted octanol–water partition coefficient (Wildman–Crippen LogP) is 13.2. The van der Waals surface area contributed by atoms with Crippen LogP contribution in [0.25, 0.3) is 33.4 Å². The number of hydrogen-bond acceptors (Lipinski definition) is 1. The van der Waals surface area contributed by atoms with Crippen molar-refractivity contribution in [3.63, 3.8) is 0 Å². The molecule has 0 saturated carbocycles. The largest absolute Gasteiger partial charge is 0.310 e. The number of hydrogen-bond donors (Lipinski definition) is 0. The van der Waals surface area contributed by atoms with E-state index in [1.807, 2.05) is 0 Å². The smallest absolute Gasteiger partial charge is 0.0465 e. The number of nitrogens with zero attached hydrogens (tertiary/aromatic N) is 1. The Balaban J connectivity index is 1.24. The van der Waals surface area contributed by atoms with Gasteiger partial charge in [0.25, 0.3) is 0 Å². The van der Waals surface area contributed by atoms with Crippen molar-refractivity contribution < 1.29 is 0 Å². The van der Waals surface area contributed by atoms with Crippen molar-refractivity contribution in [2.75, 3.05) is 4.90 Å². The lowest BCUT2D eigenvalue weighted by atomic mass is 9.81. The van der Waals surface area contributed by atoms with E-state index in [1.165, 1.54) is 89.4 Å². The molecule has 242 valence electrons. The van der Waals surface area contributed by atoms with Crippen LogP contribution in [0.5, 0.6) is 0 Å². The summed E-state index contributed by atoms with van der Waals surface area (Å²) in [4.78, 5) is 2.51. The summed E-state index contributed by atoms with van der Waals surface area (Å²) >= 11 is 0. The summed E-state index contributed by atoms with van der Waals surface area (Å²) in [6, 6.07) is 46.5. The Labute approximate surface area is 292 Å². The van der Waals surface area contributed by atoms with Crippen LogP contribution < -0.4 is 4.90 Å². The highest BCUT2D eigenvalue weighted by atomic mass is 15.1. The fourth-order valence-electron chi connectivity index (χ4n) is 9.35. The first-order chi connectivity index (χ1) is 23.4. The third kappa shape index (κ3) is 4.11. The van der Waals surface area contributed by atoms with Crippen LogP contribution in [0.2, 0.25) is 0 Å². The Kier molecular flexibility index (Phi) is 6.21. The monoisotopic (exact) mass is 635 g/mol. The van der Waals surface area contributed by atoms with Gasteiger partial charge in [-0.25, -0.2) is 0 Å². The van der Waals surface area contributed by atoms with E-state index in [4.69, 9.17) is 0 Å². The zero-order chi connectivity index (χ0) is 34.0. The first-order valence-electron chi connectivity index (χ1n) is 18.0. The molecule has 0 aromatic heterocycles. The Bertz CT molecular complexity index is 2240. The van der Waals surface area contributed by atoms with Gasteiger partial charge in [-0.05, 0) is 115 Å². The summed E-state index contributed by atoms with van der Waals surface area (Å²) < 4.78 is 0. The minimum atomic E-state index is -0.0968. The molecule has 0 bridgehead atoms. The van der Waals surface area contributed by atoms with Crippen LogP contribution in [-0.4, -0.2) is 0 Å². The maximum atomic E-state index is 2.51. The molecule has 0 amide bonds. The van der Waals surface area contributed by atoms with Crippen molar-refractivity contribution in [1.82, 2.24) is 0 Å². The van der Waals surface area contributed by atoms with Crippen LogP contribution in [0.3, 0.4) is 0 Å². The van der Waals surface area contributed by atoms with Gasteiger partial charge in [-0.1, -0.05) is 140 Å². The van der Waals surface area contributed by atoms with Gasteiger partial charge in [-0.15, -0.1) is 0 Å². The normalized spacial score (nSPS) is 16.4. The molecule has 6 aromatic rings. The van der Waals surface area contributed by atoms with E-state index in [1.54, 1.807) is 0 Å². The molecule has 3 aliphatic carbocycles. The molecule has 0 N–H and O–H groups in total. The number of anilines is 3. The van der Waals surface area contributed by atoms with Crippen LogP contribution in [-0.2, 0) is 16.2 Å². The van der Waals surface area contributed by atoms with Crippen molar-refractivity contribution in [2.24, 2.45) is 0 Å². The lowest BCUT2D eigenvalue weighted by Crippen LogP contribution is -2.19. The molecule has 1 heteroatoms. The topological polar surface area (TPSA) is 3.24 Å². The summed E-state index contributed by atoms with van der Waals surface area (Å²) in [5.74, 6) is 0.501. The van der Waals surface area contributed by atoms with E-state index >= 15 is 0 Å². The van der Waals surface area contributed by atoms with Crippen LogP contribution in [0.15, 0.2) is 121 Å². The molecule has 0 aliphatic heterocycles. The highest BCUT2D eigenvalue weighted by Crippen LogP contribution is 2.55. The Morgan fingerprint density at radius 2 is 0.694 bits per heavy atom. The number of fused-ring (bicyclic) bond motifs is 9. The second-order valence-corrected chi connectivity index (χ2v) is 16.5. The quantitative estimate of drug-likeness (QED) is 0.186. The molecule has 0 heterocycles. The van der Waals surface area contributed by atoms with Crippen LogP contribution in [0.4, 0.5) is 17.1 Å².